The number of rotatable bonds is 5. The first-order valence-corrected chi connectivity index (χ1v) is 15.1. The lowest BCUT2D eigenvalue weighted by Gasteiger charge is -2.32. The Bertz CT molecular complexity index is 1320. The van der Waals surface area contributed by atoms with Crippen LogP contribution in [0.25, 0.3) is 11.3 Å². The number of amides is 1. The quantitative estimate of drug-likeness (QED) is 0.619. The average Bonchev–Trinajstić information content (AvgIpc) is 3.49. The van der Waals surface area contributed by atoms with E-state index in [0.717, 1.165) is 48.4 Å². The predicted molar refractivity (Wildman–Crippen MR) is 142 cm³/mol. The van der Waals surface area contributed by atoms with E-state index in [1.54, 1.807) is 0 Å². The molecule has 3 aliphatic rings. The van der Waals surface area contributed by atoms with E-state index in [9.17, 15) is 18.5 Å². The van der Waals surface area contributed by atoms with Crippen LogP contribution in [0.15, 0.2) is 28.7 Å². The molecular weight excluding hydrogens is 488 g/mol. The molecule has 2 heterocycles. The lowest BCUT2D eigenvalue weighted by atomic mass is 9.76. The van der Waals surface area contributed by atoms with Gasteiger partial charge in [-0.2, -0.15) is 5.26 Å². The van der Waals surface area contributed by atoms with Crippen molar-refractivity contribution in [2.24, 2.45) is 5.92 Å². The van der Waals surface area contributed by atoms with Crippen molar-refractivity contribution in [1.29, 1.82) is 5.26 Å². The maximum atomic E-state index is 13.4. The fourth-order valence-electron chi connectivity index (χ4n) is 5.48. The summed E-state index contributed by atoms with van der Waals surface area (Å²) in [6.45, 7) is 7.04. The van der Waals surface area contributed by atoms with E-state index in [0.29, 0.717) is 31.8 Å². The number of hydrogen-bond acceptors (Lipinski definition) is 7. The van der Waals surface area contributed by atoms with Crippen molar-refractivity contribution >= 4 is 21.4 Å². The minimum Gasteiger partial charge on any atom is -0.444 e. The van der Waals surface area contributed by atoms with Crippen LogP contribution in [0.1, 0.15) is 76.9 Å². The van der Waals surface area contributed by atoms with Crippen LogP contribution >= 0.6 is 0 Å². The maximum Gasteiger partial charge on any atom is 0.225 e. The van der Waals surface area contributed by atoms with Gasteiger partial charge in [-0.15, -0.1) is 0 Å². The van der Waals surface area contributed by atoms with Gasteiger partial charge < -0.3 is 14.6 Å². The molecule has 198 valence electrons. The monoisotopic (exact) mass is 524 g/mol. The third-order valence-electron chi connectivity index (χ3n) is 7.91. The van der Waals surface area contributed by atoms with Gasteiger partial charge in [0.25, 0.3) is 0 Å². The van der Waals surface area contributed by atoms with E-state index in [2.05, 4.69) is 37.1 Å². The molecule has 0 radical (unpaired) electrons. The Morgan fingerprint density at radius 2 is 1.84 bits per heavy atom. The lowest BCUT2D eigenvalue weighted by molar-refractivity contribution is -0.127. The molecule has 2 aliphatic carbocycles. The van der Waals surface area contributed by atoms with Crippen LogP contribution < -0.4 is 10.2 Å². The largest absolute Gasteiger partial charge is 0.444 e. The smallest absolute Gasteiger partial charge is 0.225 e. The summed E-state index contributed by atoms with van der Waals surface area (Å²) in [6, 6.07) is 10.2. The maximum absolute atomic E-state index is 13.4. The normalized spacial score (nSPS) is 24.8. The molecule has 37 heavy (non-hydrogen) atoms. The summed E-state index contributed by atoms with van der Waals surface area (Å²) in [4.78, 5) is 20.6. The van der Waals surface area contributed by atoms with Crippen molar-refractivity contribution < 1.29 is 17.6 Å². The van der Waals surface area contributed by atoms with E-state index >= 15 is 0 Å². The minimum absolute atomic E-state index is 0.0714. The molecule has 1 aromatic heterocycles. The zero-order valence-corrected chi connectivity index (χ0v) is 22.7. The summed E-state index contributed by atoms with van der Waals surface area (Å²) in [5.74, 6) is 1.11. The Kier molecular flexibility index (Phi) is 6.59. The van der Waals surface area contributed by atoms with Gasteiger partial charge in [-0.1, -0.05) is 51.8 Å². The second kappa shape index (κ2) is 9.46. The van der Waals surface area contributed by atoms with Crippen molar-refractivity contribution in [2.45, 2.75) is 76.2 Å². The first-order valence-electron chi connectivity index (χ1n) is 13.3. The summed E-state index contributed by atoms with van der Waals surface area (Å²) in [6.07, 6.45) is 4.92. The number of carbonyl (C=O) groups is 1. The molecule has 2 atom stereocenters. The number of aromatic nitrogens is 1. The molecule has 2 saturated carbocycles. The molecule has 0 unspecified atom stereocenters. The fraction of sp³-hybridized carbons (Fsp3) is 0.607. The van der Waals surface area contributed by atoms with Gasteiger partial charge in [-0.05, 0) is 31.7 Å². The molecular formula is C28H36N4O4S. The molecule has 1 aromatic carbocycles. The molecule has 8 nitrogen and oxygen atoms in total. The number of nitrogens with one attached hydrogen (secondary N) is 1. The Labute approximate surface area is 219 Å². The highest BCUT2D eigenvalue weighted by atomic mass is 32.2. The Morgan fingerprint density at radius 1 is 1.16 bits per heavy atom. The Morgan fingerprint density at radius 3 is 2.49 bits per heavy atom. The van der Waals surface area contributed by atoms with Crippen molar-refractivity contribution in [1.82, 2.24) is 10.3 Å². The van der Waals surface area contributed by atoms with Gasteiger partial charge in [0.1, 0.15) is 17.0 Å². The van der Waals surface area contributed by atoms with Crippen LogP contribution in [0.2, 0.25) is 0 Å². The molecule has 1 N–H and O–H groups in total. The van der Waals surface area contributed by atoms with Gasteiger partial charge in [0.05, 0.1) is 17.6 Å². The highest BCUT2D eigenvalue weighted by Gasteiger charge is 2.47. The van der Waals surface area contributed by atoms with Crippen molar-refractivity contribution in [3.63, 3.8) is 0 Å². The number of oxazole rings is 1. The number of nitriles is 1. The van der Waals surface area contributed by atoms with Crippen LogP contribution in [0.3, 0.4) is 0 Å². The number of hydrogen-bond donors (Lipinski definition) is 1. The highest BCUT2D eigenvalue weighted by Crippen LogP contribution is 2.46. The van der Waals surface area contributed by atoms with E-state index < -0.39 is 15.4 Å². The molecule has 3 fully saturated rings. The number of benzene rings is 1. The van der Waals surface area contributed by atoms with Crippen molar-refractivity contribution in [2.75, 3.05) is 29.5 Å². The van der Waals surface area contributed by atoms with E-state index in [1.807, 2.05) is 24.3 Å². The average molecular weight is 525 g/mol. The van der Waals surface area contributed by atoms with Gasteiger partial charge in [-0.25, -0.2) is 13.4 Å². The van der Waals surface area contributed by atoms with Crippen LogP contribution in [0.5, 0.6) is 0 Å². The molecule has 2 aromatic rings. The van der Waals surface area contributed by atoms with Crippen molar-refractivity contribution in [3.8, 4) is 17.3 Å². The number of para-hydroxylation sites is 1. The zero-order chi connectivity index (χ0) is 26.4. The van der Waals surface area contributed by atoms with Gasteiger partial charge in [-0.3, -0.25) is 4.79 Å². The van der Waals surface area contributed by atoms with Gasteiger partial charge in [0, 0.05) is 41.6 Å². The first kappa shape index (κ1) is 25.8. The molecule has 9 heteroatoms. The molecule has 1 saturated heterocycles. The van der Waals surface area contributed by atoms with Gasteiger partial charge in [0.15, 0.2) is 15.7 Å². The molecule has 0 bridgehead atoms. The SMILES string of the molecule is CC(C)(C)c1nc(-c2ccccc2N2CCS(=O)(=O)CC2)c([C@@H]2CCCC[C@H]2C(=O)NC2(C#N)CC2)o1. The number of nitrogens with zero attached hydrogens (tertiary/aromatic N) is 3. The molecule has 5 rings (SSSR count). The van der Waals surface area contributed by atoms with E-state index in [4.69, 9.17) is 9.40 Å². The van der Waals surface area contributed by atoms with Gasteiger partial charge in [0.2, 0.25) is 5.91 Å². The summed E-state index contributed by atoms with van der Waals surface area (Å²) in [5, 5.41) is 12.5. The minimum atomic E-state index is -3.01. The summed E-state index contributed by atoms with van der Waals surface area (Å²) in [7, 11) is -3.01. The van der Waals surface area contributed by atoms with Gasteiger partial charge >= 0.3 is 0 Å². The van der Waals surface area contributed by atoms with Crippen LogP contribution in [0.4, 0.5) is 5.69 Å². The van der Waals surface area contributed by atoms with E-state index in [-0.39, 0.29) is 34.7 Å². The lowest BCUT2D eigenvalue weighted by Crippen LogP contribution is -2.42. The third-order valence-corrected chi connectivity index (χ3v) is 9.51. The second-order valence-corrected chi connectivity index (χ2v) is 14.1. The topological polar surface area (TPSA) is 116 Å². The summed E-state index contributed by atoms with van der Waals surface area (Å²) in [5.41, 5.74) is 1.54. The summed E-state index contributed by atoms with van der Waals surface area (Å²) < 4.78 is 30.7. The van der Waals surface area contributed by atoms with E-state index in [1.165, 1.54) is 0 Å². The fourth-order valence-corrected chi connectivity index (χ4v) is 6.68. The molecule has 0 spiro atoms. The number of sulfone groups is 1. The third kappa shape index (κ3) is 5.26. The highest BCUT2D eigenvalue weighted by molar-refractivity contribution is 7.91. The predicted octanol–water partition coefficient (Wildman–Crippen LogP) is 4.32. The van der Waals surface area contributed by atoms with Crippen LogP contribution in [0, 0.1) is 17.2 Å². The first-order chi connectivity index (χ1) is 17.5. The summed E-state index contributed by atoms with van der Waals surface area (Å²) >= 11 is 0. The Hall–Kier alpha value is -2.86. The molecule has 1 aliphatic heterocycles. The standard InChI is InChI=1S/C28H36N4O4S/c1-27(2,3)26-30-23(21-10-6-7-11-22(21)32-14-16-37(34,35)17-15-32)24(36-26)19-8-4-5-9-20(19)25(33)31-28(18-29)12-13-28/h6-7,10-11,19-20H,4-5,8-9,12-17H2,1-3H3,(H,31,33)/t19-,20-/m1/s1. The van der Waals surface area contributed by atoms with Crippen LogP contribution in [-0.4, -0.2) is 49.4 Å². The second-order valence-electron chi connectivity index (χ2n) is 11.8. The van der Waals surface area contributed by atoms with Crippen LogP contribution in [-0.2, 0) is 20.0 Å². The zero-order valence-electron chi connectivity index (χ0n) is 21.9. The number of carbonyl (C=O) groups excluding carboxylic acids is 1. The Balaban J connectivity index is 1.55. The van der Waals surface area contributed by atoms with Crippen molar-refractivity contribution in [3.05, 3.63) is 35.9 Å². The number of anilines is 1. The molecule has 1 amide bonds.